The number of carbonyl (C=O) groups excluding carboxylic acids is 2. The van der Waals surface area contributed by atoms with Crippen LogP contribution in [0.5, 0.6) is 0 Å². The first-order valence-electron chi connectivity index (χ1n) is 7.90. The molecule has 1 N–H and O–H groups in total. The number of thioether (sulfide) groups is 1. The van der Waals surface area contributed by atoms with Crippen molar-refractivity contribution in [2.75, 3.05) is 17.7 Å². The second-order valence-corrected chi connectivity index (χ2v) is 7.75. The highest BCUT2D eigenvalue weighted by molar-refractivity contribution is 8.01. The van der Waals surface area contributed by atoms with E-state index in [1.54, 1.807) is 11.3 Å². The molecular formula is C18H14F2N2O3S2. The summed E-state index contributed by atoms with van der Waals surface area (Å²) in [4.78, 5) is 27.9. The van der Waals surface area contributed by atoms with E-state index < -0.39 is 30.1 Å². The van der Waals surface area contributed by atoms with E-state index in [4.69, 9.17) is 4.74 Å². The Labute approximate surface area is 161 Å². The van der Waals surface area contributed by atoms with Crippen LogP contribution >= 0.6 is 23.1 Å². The Hall–Kier alpha value is -2.52. The molecule has 0 unspecified atom stereocenters. The minimum Gasteiger partial charge on any atom is -0.456 e. The van der Waals surface area contributed by atoms with Gasteiger partial charge in [-0.15, -0.1) is 11.3 Å². The lowest BCUT2D eigenvalue weighted by atomic mass is 10.3. The number of nitrogens with one attached hydrogen (secondary N) is 1. The predicted octanol–water partition coefficient (Wildman–Crippen LogP) is 4.24. The second kappa shape index (κ2) is 8.92. The van der Waals surface area contributed by atoms with E-state index in [0.29, 0.717) is 11.8 Å². The summed E-state index contributed by atoms with van der Waals surface area (Å²) in [5.41, 5.74) is 0.737. The van der Waals surface area contributed by atoms with Gasteiger partial charge in [0.05, 0.1) is 22.3 Å². The molecule has 140 valence electrons. The van der Waals surface area contributed by atoms with Crippen molar-refractivity contribution in [1.82, 2.24) is 4.98 Å². The number of hydrogen-bond donors (Lipinski definition) is 1. The molecule has 3 rings (SSSR count). The smallest absolute Gasteiger partial charge is 0.307 e. The van der Waals surface area contributed by atoms with E-state index in [-0.39, 0.29) is 12.1 Å². The molecule has 1 amide bonds. The van der Waals surface area contributed by atoms with Gasteiger partial charge in [-0.25, -0.2) is 13.8 Å². The SMILES string of the molecule is O=C(COC(=O)CCSc1nc2ccccc2s1)Nc1ccc(F)cc1F. The van der Waals surface area contributed by atoms with Gasteiger partial charge in [-0.2, -0.15) is 0 Å². The van der Waals surface area contributed by atoms with Crippen molar-refractivity contribution in [2.45, 2.75) is 10.8 Å². The molecule has 0 fully saturated rings. The number of thiazole rings is 1. The molecule has 0 saturated heterocycles. The zero-order chi connectivity index (χ0) is 19.2. The largest absolute Gasteiger partial charge is 0.456 e. The van der Waals surface area contributed by atoms with Crippen LogP contribution in [0.4, 0.5) is 14.5 Å². The summed E-state index contributed by atoms with van der Waals surface area (Å²) in [6, 6.07) is 10.5. The molecule has 0 aliphatic heterocycles. The van der Waals surface area contributed by atoms with Crippen molar-refractivity contribution in [3.05, 3.63) is 54.1 Å². The lowest BCUT2D eigenvalue weighted by Crippen LogP contribution is -2.21. The number of anilines is 1. The van der Waals surface area contributed by atoms with Crippen LogP contribution in [-0.4, -0.2) is 29.2 Å². The second-order valence-electron chi connectivity index (χ2n) is 5.38. The molecule has 5 nitrogen and oxygen atoms in total. The lowest BCUT2D eigenvalue weighted by molar-refractivity contribution is -0.146. The number of halogens is 2. The number of carbonyl (C=O) groups is 2. The molecule has 0 aliphatic rings. The van der Waals surface area contributed by atoms with Crippen LogP contribution in [0.15, 0.2) is 46.8 Å². The van der Waals surface area contributed by atoms with Crippen LogP contribution in [0.2, 0.25) is 0 Å². The first-order valence-corrected chi connectivity index (χ1v) is 9.70. The van der Waals surface area contributed by atoms with Crippen LogP contribution in [0.25, 0.3) is 10.2 Å². The number of nitrogens with zero attached hydrogens (tertiary/aromatic N) is 1. The molecule has 0 atom stereocenters. The lowest BCUT2D eigenvalue weighted by Gasteiger charge is -2.07. The van der Waals surface area contributed by atoms with Crippen molar-refractivity contribution in [3.8, 4) is 0 Å². The molecule has 2 aromatic carbocycles. The number of hydrogen-bond acceptors (Lipinski definition) is 6. The first-order chi connectivity index (χ1) is 13.0. The molecular weight excluding hydrogens is 394 g/mol. The molecule has 0 radical (unpaired) electrons. The van der Waals surface area contributed by atoms with Crippen LogP contribution in [0.1, 0.15) is 6.42 Å². The van der Waals surface area contributed by atoms with Crippen LogP contribution < -0.4 is 5.32 Å². The summed E-state index contributed by atoms with van der Waals surface area (Å²) < 4.78 is 33.0. The normalized spacial score (nSPS) is 10.7. The number of amides is 1. The average molecular weight is 408 g/mol. The van der Waals surface area contributed by atoms with E-state index in [9.17, 15) is 18.4 Å². The number of aromatic nitrogens is 1. The van der Waals surface area contributed by atoms with Crippen molar-refractivity contribution >= 4 is 50.9 Å². The van der Waals surface area contributed by atoms with Crippen molar-refractivity contribution in [3.63, 3.8) is 0 Å². The van der Waals surface area contributed by atoms with Crippen LogP contribution in [0, 0.1) is 11.6 Å². The number of benzene rings is 2. The Morgan fingerprint density at radius 1 is 1.19 bits per heavy atom. The molecule has 1 heterocycles. The van der Waals surface area contributed by atoms with E-state index >= 15 is 0 Å². The van der Waals surface area contributed by atoms with E-state index in [1.807, 2.05) is 24.3 Å². The molecule has 27 heavy (non-hydrogen) atoms. The highest BCUT2D eigenvalue weighted by atomic mass is 32.2. The van der Waals surface area contributed by atoms with Gasteiger partial charge in [0.25, 0.3) is 5.91 Å². The molecule has 0 bridgehead atoms. The molecule has 0 spiro atoms. The maximum absolute atomic E-state index is 13.4. The summed E-state index contributed by atoms with van der Waals surface area (Å²) in [6.07, 6.45) is 0.110. The fourth-order valence-corrected chi connectivity index (χ4v) is 4.19. The number of ether oxygens (including phenoxy) is 1. The summed E-state index contributed by atoms with van der Waals surface area (Å²) in [7, 11) is 0. The van der Waals surface area contributed by atoms with Gasteiger partial charge in [-0.3, -0.25) is 9.59 Å². The zero-order valence-electron chi connectivity index (χ0n) is 13.9. The molecule has 1 aromatic heterocycles. The Kier molecular flexibility index (Phi) is 6.36. The minimum atomic E-state index is -0.901. The fourth-order valence-electron chi connectivity index (χ4n) is 2.13. The molecule has 0 aliphatic carbocycles. The highest BCUT2D eigenvalue weighted by Gasteiger charge is 2.11. The maximum atomic E-state index is 13.4. The minimum absolute atomic E-state index is 0.110. The maximum Gasteiger partial charge on any atom is 0.307 e. The van der Waals surface area contributed by atoms with Gasteiger partial charge in [-0.1, -0.05) is 23.9 Å². The van der Waals surface area contributed by atoms with Gasteiger partial charge >= 0.3 is 5.97 Å². The van der Waals surface area contributed by atoms with Gasteiger partial charge in [0.15, 0.2) is 10.9 Å². The monoisotopic (exact) mass is 408 g/mol. The van der Waals surface area contributed by atoms with Gasteiger partial charge in [0.2, 0.25) is 0 Å². The van der Waals surface area contributed by atoms with E-state index in [1.165, 1.54) is 11.8 Å². The van der Waals surface area contributed by atoms with E-state index in [2.05, 4.69) is 10.3 Å². The third-order valence-corrected chi connectivity index (χ3v) is 5.56. The van der Waals surface area contributed by atoms with E-state index in [0.717, 1.165) is 26.7 Å². The molecule has 0 saturated carbocycles. The standard InChI is InChI=1S/C18H14F2N2O3S2/c19-11-5-6-13(12(20)9-11)21-16(23)10-25-17(24)7-8-26-18-22-14-3-1-2-4-15(14)27-18/h1-6,9H,7-8,10H2,(H,21,23). The quantitative estimate of drug-likeness (QED) is 0.468. The average Bonchev–Trinajstić information content (AvgIpc) is 3.05. The third kappa shape index (κ3) is 5.48. The highest BCUT2D eigenvalue weighted by Crippen LogP contribution is 2.29. The van der Waals surface area contributed by atoms with Crippen molar-refractivity contribution < 1.29 is 23.1 Å². The van der Waals surface area contributed by atoms with Gasteiger partial charge < -0.3 is 10.1 Å². The van der Waals surface area contributed by atoms with Crippen molar-refractivity contribution in [2.24, 2.45) is 0 Å². The van der Waals surface area contributed by atoms with Crippen LogP contribution in [-0.2, 0) is 14.3 Å². The van der Waals surface area contributed by atoms with Gasteiger partial charge in [0.1, 0.15) is 11.6 Å². The fraction of sp³-hybridized carbons (Fsp3) is 0.167. The van der Waals surface area contributed by atoms with Crippen LogP contribution in [0.3, 0.4) is 0 Å². The first kappa shape index (κ1) is 19.2. The topological polar surface area (TPSA) is 68.3 Å². The third-order valence-electron chi connectivity index (χ3n) is 3.38. The van der Waals surface area contributed by atoms with Crippen molar-refractivity contribution in [1.29, 1.82) is 0 Å². The predicted molar refractivity (Wildman–Crippen MR) is 101 cm³/mol. The van der Waals surface area contributed by atoms with Gasteiger partial charge in [-0.05, 0) is 24.3 Å². The van der Waals surface area contributed by atoms with Gasteiger partial charge in [0, 0.05) is 11.8 Å². The summed E-state index contributed by atoms with van der Waals surface area (Å²) in [5.74, 6) is -2.43. The number of para-hydroxylation sites is 1. The molecule has 3 aromatic rings. The summed E-state index contributed by atoms with van der Waals surface area (Å²) >= 11 is 2.98. The zero-order valence-corrected chi connectivity index (χ0v) is 15.5. The summed E-state index contributed by atoms with van der Waals surface area (Å²) in [5, 5.41) is 2.22. The number of esters is 1. The Balaban J connectivity index is 1.39. The number of rotatable bonds is 7. The number of fused-ring (bicyclic) bond motifs is 1. The molecule has 9 heteroatoms. The Bertz CT molecular complexity index is 945. The summed E-state index contributed by atoms with van der Waals surface area (Å²) in [6.45, 7) is -0.540. The Morgan fingerprint density at radius 2 is 2.00 bits per heavy atom. The Morgan fingerprint density at radius 3 is 2.78 bits per heavy atom.